The minimum Gasteiger partial charge on any atom is -0.351 e. The number of hydrogen-bond acceptors (Lipinski definition) is 6. The standard InChI is InChI=1S/C19H20N4O2S2/c24-18(14-1-2-16-17(11-14)27-13-21-16)20-4-5-22-6-8-23(9-7-22)19(25)15-3-10-26-12-15/h1-3,10-13H,4-9H2,(H,20,24). The van der Waals surface area contributed by atoms with Crippen LogP contribution < -0.4 is 5.32 Å². The number of carbonyl (C=O) groups excluding carboxylic acids is 2. The van der Waals surface area contributed by atoms with Crippen molar-refractivity contribution in [1.29, 1.82) is 0 Å². The Kier molecular flexibility index (Phi) is 5.47. The van der Waals surface area contributed by atoms with E-state index in [-0.39, 0.29) is 11.8 Å². The van der Waals surface area contributed by atoms with Crippen molar-refractivity contribution < 1.29 is 9.59 Å². The topological polar surface area (TPSA) is 65.5 Å². The second kappa shape index (κ2) is 8.16. The van der Waals surface area contributed by atoms with Gasteiger partial charge in [-0.3, -0.25) is 14.5 Å². The lowest BCUT2D eigenvalue weighted by atomic mass is 10.2. The van der Waals surface area contributed by atoms with E-state index >= 15 is 0 Å². The van der Waals surface area contributed by atoms with Crippen LogP contribution in [0, 0.1) is 0 Å². The van der Waals surface area contributed by atoms with Crippen molar-refractivity contribution in [3.63, 3.8) is 0 Å². The molecule has 1 fully saturated rings. The monoisotopic (exact) mass is 400 g/mol. The molecular weight excluding hydrogens is 380 g/mol. The van der Waals surface area contributed by atoms with Crippen LogP contribution >= 0.6 is 22.7 Å². The van der Waals surface area contributed by atoms with Gasteiger partial charge in [-0.25, -0.2) is 4.98 Å². The number of rotatable bonds is 5. The van der Waals surface area contributed by atoms with Gasteiger partial charge in [-0.05, 0) is 29.6 Å². The van der Waals surface area contributed by atoms with Crippen LogP contribution in [0.1, 0.15) is 20.7 Å². The zero-order valence-electron chi connectivity index (χ0n) is 14.8. The molecule has 0 saturated carbocycles. The Bertz CT molecular complexity index is 930. The zero-order valence-corrected chi connectivity index (χ0v) is 16.4. The molecule has 2 aromatic heterocycles. The van der Waals surface area contributed by atoms with Crippen molar-refractivity contribution in [3.8, 4) is 0 Å². The van der Waals surface area contributed by atoms with E-state index < -0.39 is 0 Å². The maximum absolute atomic E-state index is 12.4. The Morgan fingerprint density at radius 2 is 1.96 bits per heavy atom. The number of fused-ring (bicyclic) bond motifs is 1. The minimum atomic E-state index is -0.0587. The van der Waals surface area contributed by atoms with E-state index in [2.05, 4.69) is 15.2 Å². The second-order valence-electron chi connectivity index (χ2n) is 6.44. The van der Waals surface area contributed by atoms with Gasteiger partial charge in [0.05, 0.1) is 21.3 Å². The minimum absolute atomic E-state index is 0.0587. The molecule has 1 aliphatic heterocycles. The normalized spacial score (nSPS) is 15.2. The SMILES string of the molecule is O=C(NCCN1CCN(C(=O)c2ccsc2)CC1)c1ccc2ncsc2c1. The summed E-state index contributed by atoms with van der Waals surface area (Å²) in [5.41, 5.74) is 4.15. The van der Waals surface area contributed by atoms with Crippen molar-refractivity contribution in [2.75, 3.05) is 39.3 Å². The van der Waals surface area contributed by atoms with Crippen molar-refractivity contribution in [2.24, 2.45) is 0 Å². The number of amides is 2. The number of thiophene rings is 1. The first kappa shape index (κ1) is 18.1. The van der Waals surface area contributed by atoms with Crippen molar-refractivity contribution in [1.82, 2.24) is 20.1 Å². The molecule has 1 aliphatic rings. The van der Waals surface area contributed by atoms with Crippen LogP contribution in [0.25, 0.3) is 10.2 Å². The highest BCUT2D eigenvalue weighted by Crippen LogP contribution is 2.19. The molecule has 6 nitrogen and oxygen atoms in total. The van der Waals surface area contributed by atoms with Gasteiger partial charge in [-0.15, -0.1) is 11.3 Å². The average Bonchev–Trinajstić information content (AvgIpc) is 3.39. The molecule has 1 N–H and O–H groups in total. The van der Waals surface area contributed by atoms with Gasteiger partial charge in [0.25, 0.3) is 11.8 Å². The van der Waals surface area contributed by atoms with Crippen molar-refractivity contribution in [3.05, 3.63) is 51.7 Å². The highest BCUT2D eigenvalue weighted by atomic mass is 32.1. The van der Waals surface area contributed by atoms with E-state index in [0.717, 1.165) is 48.5 Å². The molecule has 140 valence electrons. The third-order valence-electron chi connectivity index (χ3n) is 4.73. The highest BCUT2D eigenvalue weighted by molar-refractivity contribution is 7.16. The van der Waals surface area contributed by atoms with E-state index in [9.17, 15) is 9.59 Å². The Morgan fingerprint density at radius 1 is 1.11 bits per heavy atom. The van der Waals surface area contributed by atoms with E-state index in [1.54, 1.807) is 16.8 Å². The maximum atomic E-state index is 12.4. The lowest BCUT2D eigenvalue weighted by Gasteiger charge is -2.34. The largest absolute Gasteiger partial charge is 0.351 e. The van der Waals surface area contributed by atoms with E-state index in [4.69, 9.17) is 0 Å². The summed E-state index contributed by atoms with van der Waals surface area (Å²) >= 11 is 3.08. The summed E-state index contributed by atoms with van der Waals surface area (Å²) in [6.07, 6.45) is 0. The van der Waals surface area contributed by atoms with Gasteiger partial charge >= 0.3 is 0 Å². The Balaban J connectivity index is 1.22. The van der Waals surface area contributed by atoms with Crippen LogP contribution in [-0.2, 0) is 0 Å². The third kappa shape index (κ3) is 4.18. The predicted octanol–water partition coefficient (Wildman–Crippen LogP) is 2.55. The number of nitrogens with one attached hydrogen (secondary N) is 1. The lowest BCUT2D eigenvalue weighted by Crippen LogP contribution is -2.50. The number of hydrogen-bond donors (Lipinski definition) is 1. The Morgan fingerprint density at radius 3 is 2.74 bits per heavy atom. The molecule has 3 heterocycles. The molecule has 0 radical (unpaired) electrons. The molecule has 2 amide bonds. The van der Waals surface area contributed by atoms with Crippen LogP contribution in [-0.4, -0.2) is 65.9 Å². The van der Waals surface area contributed by atoms with Crippen LogP contribution in [0.4, 0.5) is 0 Å². The van der Waals surface area contributed by atoms with Crippen molar-refractivity contribution >= 4 is 44.7 Å². The fourth-order valence-electron chi connectivity index (χ4n) is 3.17. The van der Waals surface area contributed by atoms with Gasteiger partial charge in [0.1, 0.15) is 0 Å². The van der Waals surface area contributed by atoms with Crippen LogP contribution in [0.2, 0.25) is 0 Å². The molecule has 0 aliphatic carbocycles. The maximum Gasteiger partial charge on any atom is 0.254 e. The molecule has 27 heavy (non-hydrogen) atoms. The first-order valence-corrected chi connectivity index (χ1v) is 10.7. The smallest absolute Gasteiger partial charge is 0.254 e. The summed E-state index contributed by atoms with van der Waals surface area (Å²) in [5, 5.41) is 6.81. The predicted molar refractivity (Wildman–Crippen MR) is 109 cm³/mol. The molecule has 0 atom stereocenters. The van der Waals surface area contributed by atoms with Gasteiger partial charge in [-0.1, -0.05) is 0 Å². The van der Waals surface area contributed by atoms with Gasteiger partial charge in [-0.2, -0.15) is 11.3 Å². The number of aromatic nitrogens is 1. The lowest BCUT2D eigenvalue weighted by molar-refractivity contribution is 0.0638. The summed E-state index contributed by atoms with van der Waals surface area (Å²) in [4.78, 5) is 33.1. The number of carbonyl (C=O) groups is 2. The van der Waals surface area contributed by atoms with Gasteiger partial charge < -0.3 is 10.2 Å². The number of thiazole rings is 1. The summed E-state index contributed by atoms with van der Waals surface area (Å²) in [6, 6.07) is 7.45. The van der Waals surface area contributed by atoms with Crippen LogP contribution in [0.3, 0.4) is 0 Å². The second-order valence-corrected chi connectivity index (χ2v) is 8.10. The molecule has 4 rings (SSSR count). The summed E-state index contributed by atoms with van der Waals surface area (Å²) in [6.45, 7) is 4.50. The molecule has 8 heteroatoms. The Labute approximate surface area is 165 Å². The summed E-state index contributed by atoms with van der Waals surface area (Å²) < 4.78 is 1.02. The number of benzene rings is 1. The van der Waals surface area contributed by atoms with Gasteiger partial charge in [0.2, 0.25) is 0 Å². The third-order valence-corrected chi connectivity index (χ3v) is 6.21. The fourth-order valence-corrected chi connectivity index (χ4v) is 4.52. The average molecular weight is 401 g/mol. The first-order valence-electron chi connectivity index (χ1n) is 8.86. The zero-order chi connectivity index (χ0) is 18.6. The van der Waals surface area contributed by atoms with Crippen LogP contribution in [0.15, 0.2) is 40.5 Å². The number of piperazine rings is 1. The van der Waals surface area contributed by atoms with Gasteiger partial charge in [0.15, 0.2) is 0 Å². The molecule has 0 unspecified atom stereocenters. The van der Waals surface area contributed by atoms with Gasteiger partial charge in [0, 0.05) is 50.2 Å². The highest BCUT2D eigenvalue weighted by Gasteiger charge is 2.22. The molecular formula is C19H20N4O2S2. The first-order chi connectivity index (χ1) is 13.2. The summed E-state index contributed by atoms with van der Waals surface area (Å²) in [7, 11) is 0. The van der Waals surface area contributed by atoms with Crippen LogP contribution in [0.5, 0.6) is 0 Å². The quantitative estimate of drug-likeness (QED) is 0.715. The number of nitrogens with zero attached hydrogens (tertiary/aromatic N) is 3. The molecule has 0 bridgehead atoms. The molecule has 3 aromatic rings. The fraction of sp³-hybridized carbons (Fsp3) is 0.316. The Hall–Kier alpha value is -2.29. The van der Waals surface area contributed by atoms with Crippen molar-refractivity contribution in [2.45, 2.75) is 0 Å². The van der Waals surface area contributed by atoms with E-state index in [1.807, 2.05) is 39.9 Å². The van der Waals surface area contributed by atoms with E-state index in [0.29, 0.717) is 12.1 Å². The summed E-state index contributed by atoms with van der Waals surface area (Å²) in [5.74, 6) is 0.0548. The molecule has 0 spiro atoms. The molecule has 1 saturated heterocycles. The molecule has 1 aromatic carbocycles. The van der Waals surface area contributed by atoms with E-state index in [1.165, 1.54) is 11.3 Å².